The molecule has 0 bridgehead atoms. The smallest absolute Gasteiger partial charge is 0.350 e. The number of hydrogen-bond acceptors (Lipinski definition) is 4. The van der Waals surface area contributed by atoms with Crippen molar-refractivity contribution in [2.24, 2.45) is 10.7 Å². The number of halogens is 1. The van der Waals surface area contributed by atoms with Crippen LogP contribution in [0.25, 0.3) is 0 Å². The molecule has 0 unspecified atom stereocenters. The summed E-state index contributed by atoms with van der Waals surface area (Å²) < 4.78 is 11.2. The van der Waals surface area contributed by atoms with Crippen molar-refractivity contribution in [1.82, 2.24) is 5.32 Å². The van der Waals surface area contributed by atoms with Gasteiger partial charge in [-0.15, -0.1) is 0 Å². The van der Waals surface area contributed by atoms with Crippen LogP contribution in [0.15, 0.2) is 16.9 Å². The van der Waals surface area contributed by atoms with Crippen molar-refractivity contribution < 1.29 is 14.3 Å². The molecule has 0 amide bonds. The fraction of sp³-hybridized carbons (Fsp3) is 0.600. The number of hydrogen-bond donors (Lipinski definition) is 2. The van der Waals surface area contributed by atoms with E-state index in [-0.39, 0.29) is 13.0 Å². The van der Waals surface area contributed by atoms with Gasteiger partial charge in [-0.1, -0.05) is 13.8 Å². The fourth-order valence-electron chi connectivity index (χ4n) is 0.617. The molecule has 0 fully saturated rings. The molecule has 0 radical (unpaired) electrons. The normalized spacial score (nSPS) is 11.3. The standard InChI is InChI=1S/C8H14FN3O2.C2H6/c1-6(10)5-12-7(2)11-4-3-8(13)14-9;1-2/h5H,3-4,10H2,1-2H3,(H,11,12);1-2H3/b6-5+;. The maximum atomic E-state index is 11.2. The lowest BCUT2D eigenvalue weighted by Gasteiger charge is -1.99. The first-order chi connectivity index (χ1) is 7.56. The van der Waals surface area contributed by atoms with E-state index in [4.69, 9.17) is 5.73 Å². The van der Waals surface area contributed by atoms with Gasteiger partial charge in [0.25, 0.3) is 0 Å². The maximum Gasteiger partial charge on any atom is 0.350 e. The Morgan fingerprint density at radius 2 is 2.06 bits per heavy atom. The molecule has 0 aliphatic rings. The van der Waals surface area contributed by atoms with Crippen LogP contribution in [-0.2, 0) is 9.74 Å². The Bertz CT molecular complexity index is 248. The van der Waals surface area contributed by atoms with Gasteiger partial charge in [0.05, 0.1) is 18.8 Å². The summed E-state index contributed by atoms with van der Waals surface area (Å²) in [5.41, 5.74) is 5.97. The SMILES string of the molecule is CC.CC(=NCCC(=O)OF)N/C=C(\C)N. The van der Waals surface area contributed by atoms with Crippen LogP contribution < -0.4 is 11.1 Å². The van der Waals surface area contributed by atoms with Crippen LogP contribution in [0.5, 0.6) is 0 Å². The van der Waals surface area contributed by atoms with Crippen LogP contribution in [0, 0.1) is 0 Å². The van der Waals surface area contributed by atoms with Crippen LogP contribution in [-0.4, -0.2) is 18.3 Å². The quantitative estimate of drug-likeness (QED) is 0.572. The molecular formula is C10H20FN3O2. The summed E-state index contributed by atoms with van der Waals surface area (Å²) in [5, 5.41) is 2.79. The summed E-state index contributed by atoms with van der Waals surface area (Å²) in [6, 6.07) is 0. The van der Waals surface area contributed by atoms with Crippen molar-refractivity contribution in [1.29, 1.82) is 0 Å². The Morgan fingerprint density at radius 3 is 2.50 bits per heavy atom. The van der Waals surface area contributed by atoms with Crippen molar-refractivity contribution in [3.63, 3.8) is 0 Å². The number of nitrogens with one attached hydrogen (secondary N) is 1. The minimum Gasteiger partial charge on any atom is -0.401 e. The molecule has 0 aliphatic carbocycles. The molecule has 0 aliphatic heterocycles. The maximum absolute atomic E-state index is 11.2. The zero-order valence-corrected chi connectivity index (χ0v) is 10.2. The summed E-state index contributed by atoms with van der Waals surface area (Å²) in [7, 11) is 0. The molecular weight excluding hydrogens is 213 g/mol. The zero-order chi connectivity index (χ0) is 13.0. The number of nitrogens with two attached hydrogens (primary N) is 1. The van der Waals surface area contributed by atoms with E-state index in [1.54, 1.807) is 20.0 Å². The molecule has 0 saturated heterocycles. The first-order valence-corrected chi connectivity index (χ1v) is 5.07. The van der Waals surface area contributed by atoms with E-state index in [9.17, 15) is 9.32 Å². The summed E-state index contributed by atoms with van der Waals surface area (Å²) in [5.74, 6) is -0.325. The molecule has 0 spiro atoms. The molecule has 0 aromatic carbocycles. The van der Waals surface area contributed by atoms with E-state index in [0.29, 0.717) is 11.5 Å². The molecule has 0 aromatic heterocycles. The van der Waals surface area contributed by atoms with Gasteiger partial charge in [-0.05, 0) is 13.8 Å². The number of aliphatic imine (C=N–C) groups is 1. The molecule has 94 valence electrons. The summed E-state index contributed by atoms with van der Waals surface area (Å²) in [6.45, 7) is 7.61. The predicted octanol–water partition coefficient (Wildman–Crippen LogP) is 1.66. The Balaban J connectivity index is 0. The van der Waals surface area contributed by atoms with Crippen molar-refractivity contribution in [3.05, 3.63) is 11.9 Å². The Hall–Kier alpha value is -1.59. The van der Waals surface area contributed by atoms with Crippen molar-refractivity contribution in [2.75, 3.05) is 6.54 Å². The molecule has 0 saturated carbocycles. The third-order valence-corrected chi connectivity index (χ3v) is 1.26. The number of rotatable bonds is 4. The number of carbonyl (C=O) groups excluding carboxylic acids is 1. The van der Waals surface area contributed by atoms with Crippen LogP contribution >= 0.6 is 0 Å². The van der Waals surface area contributed by atoms with Crippen LogP contribution in [0.1, 0.15) is 34.1 Å². The Morgan fingerprint density at radius 1 is 1.50 bits per heavy atom. The van der Waals surface area contributed by atoms with Gasteiger partial charge in [0.1, 0.15) is 0 Å². The first kappa shape index (κ1) is 16.8. The second-order valence-electron chi connectivity index (χ2n) is 2.70. The Labute approximate surface area is 95.5 Å². The van der Waals surface area contributed by atoms with Crippen LogP contribution in [0.4, 0.5) is 4.53 Å². The summed E-state index contributed by atoms with van der Waals surface area (Å²) in [6.07, 6.45) is 1.49. The molecule has 6 heteroatoms. The van der Waals surface area contributed by atoms with Crippen LogP contribution in [0.3, 0.4) is 0 Å². The number of allylic oxidation sites excluding steroid dienone is 1. The van der Waals surface area contributed by atoms with E-state index >= 15 is 0 Å². The minimum atomic E-state index is -0.924. The van der Waals surface area contributed by atoms with Crippen LogP contribution in [0.2, 0.25) is 0 Å². The minimum absolute atomic E-state index is 0.0825. The summed E-state index contributed by atoms with van der Waals surface area (Å²) in [4.78, 5) is 17.2. The van der Waals surface area contributed by atoms with E-state index < -0.39 is 5.97 Å². The summed E-state index contributed by atoms with van der Waals surface area (Å²) >= 11 is 0. The van der Waals surface area contributed by atoms with Gasteiger partial charge in [0.15, 0.2) is 0 Å². The average molecular weight is 233 g/mol. The fourth-order valence-corrected chi connectivity index (χ4v) is 0.617. The van der Waals surface area contributed by atoms with Crippen molar-refractivity contribution in [2.45, 2.75) is 34.1 Å². The molecule has 0 aromatic rings. The van der Waals surface area contributed by atoms with Gasteiger partial charge in [-0.25, -0.2) is 4.79 Å². The lowest BCUT2D eigenvalue weighted by Crippen LogP contribution is -2.16. The lowest BCUT2D eigenvalue weighted by atomic mass is 10.4. The topological polar surface area (TPSA) is 76.7 Å². The highest BCUT2D eigenvalue weighted by Gasteiger charge is 2.00. The van der Waals surface area contributed by atoms with Gasteiger partial charge in [0, 0.05) is 16.4 Å². The van der Waals surface area contributed by atoms with E-state index in [0.717, 1.165) is 0 Å². The van der Waals surface area contributed by atoms with Gasteiger partial charge < -0.3 is 11.1 Å². The number of amidine groups is 1. The third-order valence-electron chi connectivity index (χ3n) is 1.26. The van der Waals surface area contributed by atoms with E-state index in [1.807, 2.05) is 13.8 Å². The van der Waals surface area contributed by atoms with E-state index in [2.05, 4.69) is 15.3 Å². The monoisotopic (exact) mass is 233 g/mol. The first-order valence-electron chi connectivity index (χ1n) is 5.07. The second-order valence-corrected chi connectivity index (χ2v) is 2.70. The third kappa shape index (κ3) is 12.4. The lowest BCUT2D eigenvalue weighted by molar-refractivity contribution is -0.183. The van der Waals surface area contributed by atoms with Crippen molar-refractivity contribution >= 4 is 11.8 Å². The largest absolute Gasteiger partial charge is 0.401 e. The zero-order valence-electron chi connectivity index (χ0n) is 10.2. The highest BCUT2D eigenvalue weighted by molar-refractivity contribution is 5.80. The molecule has 0 rings (SSSR count). The highest BCUT2D eigenvalue weighted by atomic mass is 19.3. The average Bonchev–Trinajstić information content (AvgIpc) is 2.28. The Kier molecular flexibility index (Phi) is 12.1. The predicted molar refractivity (Wildman–Crippen MR) is 62.2 cm³/mol. The molecule has 5 nitrogen and oxygen atoms in total. The molecule has 0 heterocycles. The molecule has 3 N–H and O–H groups in total. The van der Waals surface area contributed by atoms with E-state index in [1.165, 1.54) is 0 Å². The molecule has 0 atom stereocenters. The highest BCUT2D eigenvalue weighted by Crippen LogP contribution is 1.88. The number of carbonyl (C=O) groups is 1. The second kappa shape index (κ2) is 11.5. The number of nitrogens with zero attached hydrogens (tertiary/aromatic N) is 1. The van der Waals surface area contributed by atoms with Gasteiger partial charge in [0.2, 0.25) is 0 Å². The van der Waals surface area contributed by atoms with Crippen molar-refractivity contribution in [3.8, 4) is 0 Å². The van der Waals surface area contributed by atoms with Gasteiger partial charge in [-0.2, -0.15) is 0 Å². The van der Waals surface area contributed by atoms with Gasteiger partial charge >= 0.3 is 5.97 Å². The van der Waals surface area contributed by atoms with Gasteiger partial charge in [-0.3, -0.25) is 9.93 Å². The molecule has 16 heavy (non-hydrogen) atoms.